The first kappa shape index (κ1) is 16.0. The molecule has 2 rings (SSSR count). The van der Waals surface area contributed by atoms with Gasteiger partial charge in [-0.3, -0.25) is 4.79 Å². The molecule has 3 unspecified atom stereocenters. The van der Waals surface area contributed by atoms with Gasteiger partial charge >= 0.3 is 0 Å². The predicted molar refractivity (Wildman–Crippen MR) is 86.7 cm³/mol. The number of rotatable bonds is 3. The van der Waals surface area contributed by atoms with Crippen molar-refractivity contribution in [3.63, 3.8) is 0 Å². The average Bonchev–Trinajstić information content (AvgIpc) is 2.47. The van der Waals surface area contributed by atoms with Crippen LogP contribution in [0.15, 0.2) is 30.3 Å². The quantitative estimate of drug-likeness (QED) is 0.895. The summed E-state index contributed by atoms with van der Waals surface area (Å²) in [5.41, 5.74) is 7.19. The van der Waals surface area contributed by atoms with Crippen molar-refractivity contribution in [3.8, 4) is 0 Å². The van der Waals surface area contributed by atoms with Crippen molar-refractivity contribution < 1.29 is 4.79 Å². The van der Waals surface area contributed by atoms with Crippen molar-refractivity contribution in [1.82, 2.24) is 5.32 Å². The van der Waals surface area contributed by atoms with E-state index in [0.717, 1.165) is 12.0 Å². The van der Waals surface area contributed by atoms with Gasteiger partial charge in [0, 0.05) is 6.04 Å². The Kier molecular flexibility index (Phi) is 5.04. The van der Waals surface area contributed by atoms with Crippen molar-refractivity contribution in [2.24, 2.45) is 17.1 Å². The van der Waals surface area contributed by atoms with Gasteiger partial charge in [0.25, 0.3) is 0 Å². The maximum atomic E-state index is 12.4. The maximum absolute atomic E-state index is 12.4. The number of hydrogen-bond acceptors (Lipinski definition) is 2. The highest BCUT2D eigenvalue weighted by molar-refractivity contribution is 5.83. The Hall–Kier alpha value is -1.35. The SMILES string of the molecule is CC(C)(C)C1CCCCC1NC(=O)C(N)c1ccccc1. The lowest BCUT2D eigenvalue weighted by molar-refractivity contribution is -0.124. The standard InChI is InChI=1S/C18H28N2O/c1-18(2,3)14-11-7-8-12-15(14)20-17(21)16(19)13-9-5-4-6-10-13/h4-6,9-10,14-16H,7-8,11-12,19H2,1-3H3,(H,20,21). The van der Waals surface area contributed by atoms with Gasteiger partial charge in [-0.1, -0.05) is 63.9 Å². The van der Waals surface area contributed by atoms with Gasteiger partial charge in [0.05, 0.1) is 0 Å². The molecule has 3 N–H and O–H groups in total. The summed E-state index contributed by atoms with van der Waals surface area (Å²) >= 11 is 0. The molecule has 1 saturated carbocycles. The van der Waals surface area contributed by atoms with E-state index >= 15 is 0 Å². The van der Waals surface area contributed by atoms with Crippen molar-refractivity contribution in [2.75, 3.05) is 0 Å². The van der Waals surface area contributed by atoms with Crippen LogP contribution in [-0.2, 0) is 4.79 Å². The Bertz CT molecular complexity index is 464. The highest BCUT2D eigenvalue weighted by Gasteiger charge is 2.35. The Labute approximate surface area is 128 Å². The van der Waals surface area contributed by atoms with E-state index in [0.29, 0.717) is 5.92 Å². The Morgan fingerprint density at radius 3 is 2.43 bits per heavy atom. The number of amides is 1. The molecule has 1 aromatic carbocycles. The van der Waals surface area contributed by atoms with Crippen molar-refractivity contribution in [3.05, 3.63) is 35.9 Å². The second kappa shape index (κ2) is 6.61. The van der Waals surface area contributed by atoms with Gasteiger partial charge in [0.15, 0.2) is 0 Å². The fraction of sp³-hybridized carbons (Fsp3) is 0.611. The molecule has 116 valence electrons. The van der Waals surface area contributed by atoms with E-state index in [4.69, 9.17) is 5.73 Å². The Morgan fingerprint density at radius 1 is 1.19 bits per heavy atom. The molecule has 0 spiro atoms. The fourth-order valence-electron chi connectivity index (χ4n) is 3.42. The van der Waals surface area contributed by atoms with Gasteiger partial charge in [0.1, 0.15) is 6.04 Å². The Balaban J connectivity index is 2.03. The highest BCUT2D eigenvalue weighted by Crippen LogP contribution is 2.38. The van der Waals surface area contributed by atoms with E-state index in [1.165, 1.54) is 19.3 Å². The first-order valence-corrected chi connectivity index (χ1v) is 8.00. The molecule has 0 heterocycles. The van der Waals surface area contributed by atoms with Crippen molar-refractivity contribution in [2.45, 2.75) is 58.5 Å². The van der Waals surface area contributed by atoms with Crippen LogP contribution in [0.2, 0.25) is 0 Å². The lowest BCUT2D eigenvalue weighted by Gasteiger charge is -2.41. The summed E-state index contributed by atoms with van der Waals surface area (Å²) in [4.78, 5) is 12.4. The zero-order valence-corrected chi connectivity index (χ0v) is 13.4. The van der Waals surface area contributed by atoms with Crippen LogP contribution < -0.4 is 11.1 Å². The van der Waals surface area contributed by atoms with Gasteiger partial charge in [-0.25, -0.2) is 0 Å². The van der Waals surface area contributed by atoms with Gasteiger partial charge in [0.2, 0.25) is 5.91 Å². The largest absolute Gasteiger partial charge is 0.351 e. The van der Waals surface area contributed by atoms with Crippen LogP contribution in [0.1, 0.15) is 58.1 Å². The molecule has 0 aromatic heterocycles. The van der Waals surface area contributed by atoms with Gasteiger partial charge in [-0.2, -0.15) is 0 Å². The predicted octanol–water partition coefficient (Wildman–Crippen LogP) is 3.41. The van der Waals surface area contributed by atoms with E-state index in [9.17, 15) is 4.79 Å². The van der Waals surface area contributed by atoms with Gasteiger partial charge in [-0.05, 0) is 29.7 Å². The minimum Gasteiger partial charge on any atom is -0.351 e. The zero-order chi connectivity index (χ0) is 15.5. The molecule has 0 bridgehead atoms. The second-order valence-electron chi connectivity index (χ2n) is 7.26. The van der Waals surface area contributed by atoms with Crippen LogP contribution in [0.3, 0.4) is 0 Å². The van der Waals surface area contributed by atoms with E-state index < -0.39 is 6.04 Å². The molecule has 3 nitrogen and oxygen atoms in total. The minimum absolute atomic E-state index is 0.0534. The highest BCUT2D eigenvalue weighted by atomic mass is 16.2. The summed E-state index contributed by atoms with van der Waals surface area (Å²) < 4.78 is 0. The van der Waals surface area contributed by atoms with E-state index in [1.807, 2.05) is 30.3 Å². The molecule has 0 aliphatic heterocycles. The van der Waals surface area contributed by atoms with Crippen LogP contribution in [-0.4, -0.2) is 11.9 Å². The third kappa shape index (κ3) is 4.07. The molecule has 1 aliphatic carbocycles. The first-order valence-electron chi connectivity index (χ1n) is 8.00. The third-order valence-corrected chi connectivity index (χ3v) is 4.65. The summed E-state index contributed by atoms with van der Waals surface area (Å²) in [5, 5.41) is 3.21. The molecule has 1 aliphatic rings. The Morgan fingerprint density at radius 2 is 1.81 bits per heavy atom. The van der Waals surface area contributed by atoms with Crippen LogP contribution in [0.25, 0.3) is 0 Å². The summed E-state index contributed by atoms with van der Waals surface area (Å²) in [6.45, 7) is 6.79. The minimum atomic E-state index is -0.575. The zero-order valence-electron chi connectivity index (χ0n) is 13.4. The number of carbonyl (C=O) groups excluding carboxylic acids is 1. The average molecular weight is 288 g/mol. The molecule has 3 heteroatoms. The molecular weight excluding hydrogens is 260 g/mol. The van der Waals surface area contributed by atoms with E-state index in [-0.39, 0.29) is 17.4 Å². The molecule has 1 aromatic rings. The molecule has 0 saturated heterocycles. The van der Waals surface area contributed by atoms with Crippen LogP contribution in [0.5, 0.6) is 0 Å². The van der Waals surface area contributed by atoms with Crippen LogP contribution in [0.4, 0.5) is 0 Å². The smallest absolute Gasteiger partial charge is 0.241 e. The lowest BCUT2D eigenvalue weighted by Crippen LogP contribution is -2.49. The summed E-state index contributed by atoms with van der Waals surface area (Å²) in [6.07, 6.45) is 4.71. The monoisotopic (exact) mass is 288 g/mol. The molecule has 3 atom stereocenters. The summed E-state index contributed by atoms with van der Waals surface area (Å²) in [6, 6.07) is 9.26. The normalized spacial score (nSPS) is 24.4. The van der Waals surface area contributed by atoms with Crippen LogP contribution in [0, 0.1) is 11.3 Å². The molecule has 0 radical (unpaired) electrons. The molecule has 1 amide bonds. The van der Waals surface area contributed by atoms with E-state index in [2.05, 4.69) is 26.1 Å². The van der Waals surface area contributed by atoms with Crippen molar-refractivity contribution in [1.29, 1.82) is 0 Å². The lowest BCUT2D eigenvalue weighted by atomic mass is 9.69. The maximum Gasteiger partial charge on any atom is 0.241 e. The molecule has 1 fully saturated rings. The second-order valence-corrected chi connectivity index (χ2v) is 7.26. The first-order chi connectivity index (χ1) is 9.89. The fourth-order valence-corrected chi connectivity index (χ4v) is 3.42. The summed E-state index contributed by atoms with van der Waals surface area (Å²) in [5.74, 6) is 0.473. The molecule has 21 heavy (non-hydrogen) atoms. The summed E-state index contributed by atoms with van der Waals surface area (Å²) in [7, 11) is 0. The number of carbonyl (C=O) groups is 1. The van der Waals surface area contributed by atoms with Crippen molar-refractivity contribution >= 4 is 5.91 Å². The topological polar surface area (TPSA) is 55.1 Å². The van der Waals surface area contributed by atoms with E-state index in [1.54, 1.807) is 0 Å². The van der Waals surface area contributed by atoms with Crippen LogP contribution >= 0.6 is 0 Å². The molecular formula is C18H28N2O. The number of hydrogen-bond donors (Lipinski definition) is 2. The van der Waals surface area contributed by atoms with Gasteiger partial charge < -0.3 is 11.1 Å². The number of benzene rings is 1. The third-order valence-electron chi connectivity index (χ3n) is 4.65. The van der Waals surface area contributed by atoms with Gasteiger partial charge in [-0.15, -0.1) is 0 Å². The number of nitrogens with one attached hydrogen (secondary N) is 1. The number of nitrogens with two attached hydrogens (primary N) is 1.